The molecular formula is C16H16N4S. The van der Waals surface area contributed by atoms with Crippen LogP contribution in [-0.2, 0) is 0 Å². The lowest BCUT2D eigenvalue weighted by molar-refractivity contribution is 1.28. The highest BCUT2D eigenvalue weighted by Gasteiger charge is 2.06. The third-order valence-electron chi connectivity index (χ3n) is 3.20. The first-order valence-electron chi connectivity index (χ1n) is 6.71. The Morgan fingerprint density at radius 3 is 2.00 bits per heavy atom. The second kappa shape index (κ2) is 5.93. The van der Waals surface area contributed by atoms with Crippen molar-refractivity contribution in [1.82, 2.24) is 9.36 Å². The first kappa shape index (κ1) is 13.6. The Kier molecular flexibility index (Phi) is 3.83. The SMILES string of the molecule is Cc1ccccc1Nc1nsc(Nc2ccccc2C)n1. The van der Waals surface area contributed by atoms with Gasteiger partial charge in [0, 0.05) is 22.9 Å². The van der Waals surface area contributed by atoms with Crippen molar-refractivity contribution in [2.24, 2.45) is 0 Å². The molecule has 2 aromatic carbocycles. The zero-order chi connectivity index (χ0) is 14.7. The van der Waals surface area contributed by atoms with E-state index in [9.17, 15) is 0 Å². The van der Waals surface area contributed by atoms with Crippen molar-refractivity contribution in [3.05, 3.63) is 59.7 Å². The second-order valence-corrected chi connectivity index (χ2v) is 5.55. The van der Waals surface area contributed by atoms with Crippen LogP contribution in [0, 0.1) is 13.8 Å². The molecule has 1 aromatic heterocycles. The molecule has 0 bridgehead atoms. The normalized spacial score (nSPS) is 10.4. The van der Waals surface area contributed by atoms with Crippen LogP contribution in [0.2, 0.25) is 0 Å². The average Bonchev–Trinajstić information content (AvgIpc) is 2.91. The van der Waals surface area contributed by atoms with E-state index in [0.717, 1.165) is 16.5 Å². The van der Waals surface area contributed by atoms with Gasteiger partial charge in [-0.1, -0.05) is 36.4 Å². The van der Waals surface area contributed by atoms with Gasteiger partial charge in [0.15, 0.2) is 0 Å². The molecule has 0 aliphatic heterocycles. The van der Waals surface area contributed by atoms with Gasteiger partial charge in [0.05, 0.1) is 0 Å². The van der Waals surface area contributed by atoms with Crippen LogP contribution in [0.25, 0.3) is 0 Å². The standard InChI is InChI=1S/C16H16N4S/c1-11-7-3-5-9-13(11)17-15-19-16(21-20-15)18-14-10-6-4-8-12(14)2/h3-10H,1-2H3,(H2,17,18,19,20). The van der Waals surface area contributed by atoms with Crippen LogP contribution in [0.1, 0.15) is 11.1 Å². The van der Waals surface area contributed by atoms with E-state index in [1.54, 1.807) is 0 Å². The molecule has 2 N–H and O–H groups in total. The molecule has 3 aromatic rings. The number of aryl methyl sites for hydroxylation is 2. The van der Waals surface area contributed by atoms with Crippen LogP contribution in [0.4, 0.5) is 22.5 Å². The molecule has 0 saturated heterocycles. The van der Waals surface area contributed by atoms with Gasteiger partial charge in [-0.05, 0) is 37.1 Å². The maximum atomic E-state index is 4.47. The third kappa shape index (κ3) is 3.20. The molecule has 0 spiro atoms. The van der Waals surface area contributed by atoms with Crippen molar-refractivity contribution in [3.63, 3.8) is 0 Å². The van der Waals surface area contributed by atoms with E-state index in [0.29, 0.717) is 5.95 Å². The molecule has 0 amide bonds. The van der Waals surface area contributed by atoms with Crippen LogP contribution in [0.15, 0.2) is 48.5 Å². The van der Waals surface area contributed by atoms with Gasteiger partial charge in [0.1, 0.15) is 0 Å². The van der Waals surface area contributed by atoms with Gasteiger partial charge in [0.25, 0.3) is 0 Å². The minimum atomic E-state index is 0.616. The predicted octanol–water partition coefficient (Wildman–Crippen LogP) is 4.64. The highest BCUT2D eigenvalue weighted by Crippen LogP contribution is 2.25. The average molecular weight is 296 g/mol. The summed E-state index contributed by atoms with van der Waals surface area (Å²) >= 11 is 1.34. The van der Waals surface area contributed by atoms with E-state index >= 15 is 0 Å². The maximum Gasteiger partial charge on any atom is 0.240 e. The highest BCUT2D eigenvalue weighted by atomic mass is 32.1. The van der Waals surface area contributed by atoms with Crippen LogP contribution in [-0.4, -0.2) is 9.36 Å². The number of hydrogen-bond donors (Lipinski definition) is 2. The molecule has 0 radical (unpaired) electrons. The monoisotopic (exact) mass is 296 g/mol. The molecule has 4 nitrogen and oxygen atoms in total. The van der Waals surface area contributed by atoms with Crippen LogP contribution >= 0.6 is 11.5 Å². The van der Waals surface area contributed by atoms with Crippen molar-refractivity contribution in [1.29, 1.82) is 0 Å². The van der Waals surface area contributed by atoms with Crippen LogP contribution < -0.4 is 10.6 Å². The minimum absolute atomic E-state index is 0.616. The summed E-state index contributed by atoms with van der Waals surface area (Å²) in [5.41, 5.74) is 4.43. The summed E-state index contributed by atoms with van der Waals surface area (Å²) in [5, 5.41) is 7.32. The molecule has 21 heavy (non-hydrogen) atoms. The van der Waals surface area contributed by atoms with Gasteiger partial charge in [0.2, 0.25) is 11.1 Å². The number of hydrogen-bond acceptors (Lipinski definition) is 5. The smallest absolute Gasteiger partial charge is 0.240 e. The van der Waals surface area contributed by atoms with Gasteiger partial charge in [-0.2, -0.15) is 9.36 Å². The lowest BCUT2D eigenvalue weighted by atomic mass is 10.2. The van der Waals surface area contributed by atoms with Gasteiger partial charge in [-0.25, -0.2) is 0 Å². The third-order valence-corrected chi connectivity index (χ3v) is 3.83. The first-order valence-corrected chi connectivity index (χ1v) is 7.49. The summed E-state index contributed by atoms with van der Waals surface area (Å²) in [6.45, 7) is 4.12. The number of rotatable bonds is 4. The van der Waals surface area contributed by atoms with Gasteiger partial charge in [-0.3, -0.25) is 0 Å². The van der Waals surface area contributed by atoms with E-state index in [1.165, 1.54) is 22.7 Å². The van der Waals surface area contributed by atoms with Crippen molar-refractivity contribution in [2.45, 2.75) is 13.8 Å². The summed E-state index contributed by atoms with van der Waals surface area (Å²) in [7, 11) is 0. The van der Waals surface area contributed by atoms with Crippen molar-refractivity contribution < 1.29 is 0 Å². The molecule has 1 heterocycles. The predicted molar refractivity (Wildman–Crippen MR) is 88.8 cm³/mol. The fourth-order valence-corrected chi connectivity index (χ4v) is 2.53. The zero-order valence-electron chi connectivity index (χ0n) is 11.9. The number of aromatic nitrogens is 2. The Labute approximate surface area is 128 Å². The number of nitrogens with one attached hydrogen (secondary N) is 2. The largest absolute Gasteiger partial charge is 0.330 e. The summed E-state index contributed by atoms with van der Waals surface area (Å²) in [5.74, 6) is 0.616. The topological polar surface area (TPSA) is 49.8 Å². The Morgan fingerprint density at radius 1 is 0.810 bits per heavy atom. The van der Waals surface area contributed by atoms with Gasteiger partial charge >= 0.3 is 0 Å². The molecule has 5 heteroatoms. The molecule has 0 atom stereocenters. The quantitative estimate of drug-likeness (QED) is 0.736. The summed E-state index contributed by atoms with van der Waals surface area (Å²) < 4.78 is 4.34. The fraction of sp³-hybridized carbons (Fsp3) is 0.125. The van der Waals surface area contributed by atoms with Crippen LogP contribution in [0.3, 0.4) is 0 Å². The van der Waals surface area contributed by atoms with Gasteiger partial charge < -0.3 is 10.6 Å². The number of anilines is 4. The Morgan fingerprint density at radius 2 is 1.38 bits per heavy atom. The Hall–Kier alpha value is -2.40. The van der Waals surface area contributed by atoms with Crippen LogP contribution in [0.5, 0.6) is 0 Å². The van der Waals surface area contributed by atoms with Crippen molar-refractivity contribution >= 4 is 34.0 Å². The van der Waals surface area contributed by atoms with E-state index < -0.39 is 0 Å². The molecule has 0 aliphatic carbocycles. The van der Waals surface area contributed by atoms with E-state index in [1.807, 2.05) is 36.4 Å². The molecule has 0 fully saturated rings. The first-order chi connectivity index (χ1) is 10.2. The molecule has 3 rings (SSSR count). The van der Waals surface area contributed by atoms with Crippen molar-refractivity contribution in [3.8, 4) is 0 Å². The molecule has 0 saturated carbocycles. The minimum Gasteiger partial charge on any atom is -0.330 e. The zero-order valence-corrected chi connectivity index (χ0v) is 12.7. The molecule has 0 aliphatic rings. The number of benzene rings is 2. The summed E-state index contributed by atoms with van der Waals surface area (Å²) in [6, 6.07) is 16.2. The lowest BCUT2D eigenvalue weighted by Gasteiger charge is -2.06. The van der Waals surface area contributed by atoms with E-state index in [-0.39, 0.29) is 0 Å². The van der Waals surface area contributed by atoms with E-state index in [2.05, 4.69) is 46.0 Å². The molecule has 106 valence electrons. The second-order valence-electron chi connectivity index (χ2n) is 4.80. The summed E-state index contributed by atoms with van der Waals surface area (Å²) in [6.07, 6.45) is 0. The molecule has 0 unspecified atom stereocenters. The number of nitrogens with zero attached hydrogens (tertiary/aromatic N) is 2. The summed E-state index contributed by atoms with van der Waals surface area (Å²) in [4.78, 5) is 4.47. The Bertz CT molecular complexity index is 689. The lowest BCUT2D eigenvalue weighted by Crippen LogP contribution is -1.95. The molecular weight excluding hydrogens is 280 g/mol. The fourth-order valence-electron chi connectivity index (χ4n) is 1.99. The Balaban J connectivity index is 1.75. The highest BCUT2D eigenvalue weighted by molar-refractivity contribution is 7.10. The maximum absolute atomic E-state index is 4.47. The van der Waals surface area contributed by atoms with Gasteiger partial charge in [-0.15, -0.1) is 0 Å². The number of para-hydroxylation sites is 2. The van der Waals surface area contributed by atoms with Crippen molar-refractivity contribution in [2.75, 3.05) is 10.6 Å². The van der Waals surface area contributed by atoms with E-state index in [4.69, 9.17) is 0 Å².